The standard InChI is InChI=1S/C14H16N2O/c1-4-5-10-11-6-9-14(17)16(3)13(11)8-7-12(10)15-2/h4,6-9,15H,1,5H2,2-3H3. The summed E-state index contributed by atoms with van der Waals surface area (Å²) in [6, 6.07) is 7.46. The maximum atomic E-state index is 11.6. The molecule has 0 unspecified atom stereocenters. The number of nitrogens with one attached hydrogen (secondary N) is 1. The second kappa shape index (κ2) is 4.45. The number of rotatable bonds is 3. The molecule has 0 saturated heterocycles. The van der Waals surface area contributed by atoms with E-state index in [-0.39, 0.29) is 5.56 Å². The minimum absolute atomic E-state index is 0.0132. The number of allylic oxidation sites excluding steroid dienone is 1. The fourth-order valence-electron chi connectivity index (χ4n) is 2.11. The number of anilines is 1. The molecule has 0 fully saturated rings. The van der Waals surface area contributed by atoms with Crippen molar-refractivity contribution >= 4 is 16.6 Å². The molecule has 88 valence electrons. The molecule has 0 atom stereocenters. The van der Waals surface area contributed by atoms with Gasteiger partial charge >= 0.3 is 0 Å². The molecule has 0 radical (unpaired) electrons. The van der Waals surface area contributed by atoms with Crippen molar-refractivity contribution in [2.75, 3.05) is 12.4 Å². The molecule has 1 aromatic carbocycles. The molecule has 0 aliphatic heterocycles. The Morgan fingerprint density at radius 1 is 1.35 bits per heavy atom. The zero-order valence-corrected chi connectivity index (χ0v) is 10.2. The van der Waals surface area contributed by atoms with Crippen LogP contribution in [-0.2, 0) is 13.5 Å². The highest BCUT2D eigenvalue weighted by molar-refractivity contribution is 5.87. The number of nitrogens with zero attached hydrogens (tertiary/aromatic N) is 1. The van der Waals surface area contributed by atoms with Crippen LogP contribution in [0.2, 0.25) is 0 Å². The molecule has 1 N–H and O–H groups in total. The number of hydrogen-bond donors (Lipinski definition) is 1. The number of hydrogen-bond acceptors (Lipinski definition) is 2. The Hall–Kier alpha value is -2.03. The van der Waals surface area contributed by atoms with E-state index in [1.54, 1.807) is 17.7 Å². The number of aromatic nitrogens is 1. The Balaban J connectivity index is 2.86. The van der Waals surface area contributed by atoms with Crippen LogP contribution < -0.4 is 10.9 Å². The van der Waals surface area contributed by atoms with Crippen LogP contribution in [0.15, 0.2) is 41.7 Å². The van der Waals surface area contributed by atoms with Gasteiger partial charge < -0.3 is 9.88 Å². The van der Waals surface area contributed by atoms with E-state index < -0.39 is 0 Å². The van der Waals surface area contributed by atoms with E-state index in [0.29, 0.717) is 0 Å². The zero-order chi connectivity index (χ0) is 12.4. The smallest absolute Gasteiger partial charge is 0.250 e. The first kappa shape index (κ1) is 11.5. The van der Waals surface area contributed by atoms with Gasteiger partial charge in [-0.1, -0.05) is 6.08 Å². The Labute approximate surface area is 100 Å². The van der Waals surface area contributed by atoms with Crippen LogP contribution in [0.5, 0.6) is 0 Å². The van der Waals surface area contributed by atoms with E-state index in [0.717, 1.165) is 23.0 Å². The van der Waals surface area contributed by atoms with Crippen molar-refractivity contribution in [1.82, 2.24) is 4.57 Å². The lowest BCUT2D eigenvalue weighted by molar-refractivity contribution is 0.905. The monoisotopic (exact) mass is 228 g/mol. The summed E-state index contributed by atoms with van der Waals surface area (Å²) in [5, 5.41) is 4.27. The van der Waals surface area contributed by atoms with Crippen molar-refractivity contribution in [3.05, 3.63) is 52.8 Å². The predicted octanol–water partition coefficient (Wildman–Crippen LogP) is 2.31. The molecule has 3 nitrogen and oxygen atoms in total. The molecular formula is C14H16N2O. The molecule has 1 aromatic heterocycles. The molecule has 2 aromatic rings. The van der Waals surface area contributed by atoms with Crippen LogP contribution in [0.1, 0.15) is 5.56 Å². The lowest BCUT2D eigenvalue weighted by Gasteiger charge is -2.13. The first-order valence-electron chi connectivity index (χ1n) is 5.59. The summed E-state index contributed by atoms with van der Waals surface area (Å²) in [5.74, 6) is 0. The largest absolute Gasteiger partial charge is 0.388 e. The van der Waals surface area contributed by atoms with Crippen molar-refractivity contribution in [2.45, 2.75) is 6.42 Å². The summed E-state index contributed by atoms with van der Waals surface area (Å²) in [4.78, 5) is 11.6. The van der Waals surface area contributed by atoms with Gasteiger partial charge in [0.15, 0.2) is 0 Å². The van der Waals surface area contributed by atoms with E-state index in [4.69, 9.17) is 0 Å². The molecular weight excluding hydrogens is 212 g/mol. The van der Waals surface area contributed by atoms with Gasteiger partial charge in [-0.3, -0.25) is 4.79 Å². The maximum Gasteiger partial charge on any atom is 0.250 e. The first-order chi connectivity index (χ1) is 8.19. The summed E-state index contributed by atoms with van der Waals surface area (Å²) in [6.07, 6.45) is 2.66. The second-order valence-electron chi connectivity index (χ2n) is 4.00. The summed E-state index contributed by atoms with van der Waals surface area (Å²) < 4.78 is 1.67. The number of pyridine rings is 1. The SMILES string of the molecule is C=CCc1c(NC)ccc2c1ccc(=O)n2C. The van der Waals surface area contributed by atoms with Gasteiger partial charge in [-0.25, -0.2) is 0 Å². The molecule has 0 aliphatic rings. The highest BCUT2D eigenvalue weighted by Gasteiger charge is 2.07. The van der Waals surface area contributed by atoms with Gasteiger partial charge in [0, 0.05) is 31.2 Å². The van der Waals surface area contributed by atoms with E-state index >= 15 is 0 Å². The highest BCUT2D eigenvalue weighted by atomic mass is 16.1. The Bertz CT molecular complexity index is 626. The van der Waals surface area contributed by atoms with Crippen LogP contribution in [-0.4, -0.2) is 11.6 Å². The normalized spacial score (nSPS) is 10.5. The Kier molecular flexibility index (Phi) is 3.00. The van der Waals surface area contributed by atoms with Crippen LogP contribution in [0.3, 0.4) is 0 Å². The molecule has 17 heavy (non-hydrogen) atoms. The van der Waals surface area contributed by atoms with Gasteiger partial charge in [0.25, 0.3) is 5.56 Å². The van der Waals surface area contributed by atoms with Gasteiger partial charge in [-0.05, 0) is 30.2 Å². The lowest BCUT2D eigenvalue weighted by Crippen LogP contribution is -2.15. The molecule has 2 rings (SSSR count). The molecule has 0 spiro atoms. The average Bonchev–Trinajstić information content (AvgIpc) is 2.34. The van der Waals surface area contributed by atoms with Gasteiger partial charge in [0.1, 0.15) is 0 Å². The highest BCUT2D eigenvalue weighted by Crippen LogP contribution is 2.25. The third-order valence-corrected chi connectivity index (χ3v) is 3.04. The third-order valence-electron chi connectivity index (χ3n) is 3.04. The quantitative estimate of drug-likeness (QED) is 0.818. The topological polar surface area (TPSA) is 34.0 Å². The van der Waals surface area contributed by atoms with E-state index in [9.17, 15) is 4.79 Å². The summed E-state index contributed by atoms with van der Waals surface area (Å²) in [6.45, 7) is 3.78. The third kappa shape index (κ3) is 1.84. The zero-order valence-electron chi connectivity index (χ0n) is 10.2. The minimum Gasteiger partial charge on any atom is -0.388 e. The van der Waals surface area contributed by atoms with Crippen LogP contribution in [0, 0.1) is 0 Å². The van der Waals surface area contributed by atoms with Crippen molar-refractivity contribution in [1.29, 1.82) is 0 Å². The molecule has 1 heterocycles. The number of fused-ring (bicyclic) bond motifs is 1. The van der Waals surface area contributed by atoms with Crippen LogP contribution >= 0.6 is 0 Å². The van der Waals surface area contributed by atoms with Crippen LogP contribution in [0.4, 0.5) is 5.69 Å². The predicted molar refractivity (Wildman–Crippen MR) is 72.6 cm³/mol. The van der Waals surface area contributed by atoms with Crippen molar-refractivity contribution in [2.24, 2.45) is 7.05 Å². The van der Waals surface area contributed by atoms with Crippen molar-refractivity contribution < 1.29 is 0 Å². The molecule has 0 amide bonds. The summed E-state index contributed by atoms with van der Waals surface area (Å²) in [5.41, 5.74) is 3.22. The summed E-state index contributed by atoms with van der Waals surface area (Å²) >= 11 is 0. The average molecular weight is 228 g/mol. The fraction of sp³-hybridized carbons (Fsp3) is 0.214. The molecule has 3 heteroatoms. The molecule has 0 aliphatic carbocycles. The fourth-order valence-corrected chi connectivity index (χ4v) is 2.11. The first-order valence-corrected chi connectivity index (χ1v) is 5.59. The molecule has 0 bridgehead atoms. The van der Waals surface area contributed by atoms with E-state index in [2.05, 4.69) is 11.9 Å². The van der Waals surface area contributed by atoms with E-state index in [1.165, 1.54) is 5.56 Å². The van der Waals surface area contributed by atoms with Gasteiger partial charge in [0.05, 0.1) is 5.52 Å². The molecule has 0 saturated carbocycles. The van der Waals surface area contributed by atoms with Crippen LogP contribution in [0.25, 0.3) is 10.9 Å². The minimum atomic E-state index is 0.0132. The number of benzene rings is 1. The lowest BCUT2D eigenvalue weighted by atomic mass is 10.0. The van der Waals surface area contributed by atoms with Gasteiger partial charge in [-0.15, -0.1) is 6.58 Å². The Morgan fingerprint density at radius 3 is 2.76 bits per heavy atom. The maximum absolute atomic E-state index is 11.6. The number of aryl methyl sites for hydroxylation is 1. The van der Waals surface area contributed by atoms with Crippen molar-refractivity contribution in [3.8, 4) is 0 Å². The van der Waals surface area contributed by atoms with Crippen molar-refractivity contribution in [3.63, 3.8) is 0 Å². The van der Waals surface area contributed by atoms with E-state index in [1.807, 2.05) is 31.3 Å². The summed E-state index contributed by atoms with van der Waals surface area (Å²) in [7, 11) is 3.69. The Morgan fingerprint density at radius 2 is 2.12 bits per heavy atom. The van der Waals surface area contributed by atoms with Gasteiger partial charge in [0.2, 0.25) is 0 Å². The second-order valence-corrected chi connectivity index (χ2v) is 4.00. The van der Waals surface area contributed by atoms with Gasteiger partial charge in [-0.2, -0.15) is 0 Å².